The molecular weight excluding hydrogens is 209 g/mol. The fourth-order valence-corrected chi connectivity index (χ4v) is 1.64. The van der Waals surface area contributed by atoms with Crippen molar-refractivity contribution in [3.05, 3.63) is 40.6 Å². The third-order valence-electron chi connectivity index (χ3n) is 1.61. The molecule has 0 aliphatic heterocycles. The summed E-state index contributed by atoms with van der Waals surface area (Å²) in [4.78, 5) is 0. The van der Waals surface area contributed by atoms with E-state index in [9.17, 15) is 0 Å². The average Bonchev–Trinajstić information content (AvgIpc) is 2.57. The van der Waals surface area contributed by atoms with Crippen LogP contribution in [0.25, 0.3) is 11.3 Å². The predicted molar refractivity (Wildman–Crippen MR) is 50.8 cm³/mol. The van der Waals surface area contributed by atoms with Crippen molar-refractivity contribution < 1.29 is 4.52 Å². The van der Waals surface area contributed by atoms with Gasteiger partial charge in [0.15, 0.2) is 0 Å². The Labute approximate surface area is 85.1 Å². The van der Waals surface area contributed by atoms with Gasteiger partial charge in [-0.3, -0.25) is 0 Å². The SMILES string of the molecule is Clc1cccc(Cl)c1-c1c[c]on1. The molecule has 2 nitrogen and oxygen atoms in total. The van der Waals surface area contributed by atoms with Crippen LogP contribution in [-0.2, 0) is 0 Å². The molecule has 2 aromatic rings. The van der Waals surface area contributed by atoms with E-state index in [2.05, 4.69) is 15.9 Å². The first kappa shape index (κ1) is 8.60. The molecule has 1 aromatic heterocycles. The van der Waals surface area contributed by atoms with Gasteiger partial charge in [-0.15, -0.1) is 0 Å². The maximum Gasteiger partial charge on any atom is 0.205 e. The first-order valence-corrected chi connectivity index (χ1v) is 4.32. The summed E-state index contributed by atoms with van der Waals surface area (Å²) in [7, 11) is 0. The largest absolute Gasteiger partial charge is 0.352 e. The van der Waals surface area contributed by atoms with Crippen LogP contribution < -0.4 is 0 Å². The quantitative estimate of drug-likeness (QED) is 0.724. The van der Waals surface area contributed by atoms with Crippen LogP contribution in [0, 0.1) is 6.26 Å². The van der Waals surface area contributed by atoms with E-state index in [1.165, 1.54) is 0 Å². The third kappa shape index (κ3) is 1.55. The average molecular weight is 213 g/mol. The monoisotopic (exact) mass is 212 g/mol. The van der Waals surface area contributed by atoms with E-state index in [4.69, 9.17) is 23.2 Å². The molecule has 1 radical (unpaired) electrons. The van der Waals surface area contributed by atoms with Crippen LogP contribution in [0.1, 0.15) is 0 Å². The molecule has 0 N–H and O–H groups in total. The summed E-state index contributed by atoms with van der Waals surface area (Å²) >= 11 is 11.9. The van der Waals surface area contributed by atoms with Gasteiger partial charge in [-0.1, -0.05) is 34.4 Å². The fourth-order valence-electron chi connectivity index (χ4n) is 1.04. The molecule has 0 aliphatic carbocycles. The van der Waals surface area contributed by atoms with Gasteiger partial charge in [-0.05, 0) is 12.1 Å². The lowest BCUT2D eigenvalue weighted by Gasteiger charge is -2.01. The standard InChI is InChI=1S/C9H4Cl2NO/c10-6-2-1-3-7(11)9(6)8-4-5-13-12-8/h1-4H. The summed E-state index contributed by atoms with van der Waals surface area (Å²) in [6.45, 7) is 0. The van der Waals surface area contributed by atoms with Crippen LogP contribution in [0.3, 0.4) is 0 Å². The maximum atomic E-state index is 5.94. The molecule has 1 aromatic carbocycles. The highest BCUT2D eigenvalue weighted by Gasteiger charge is 2.10. The van der Waals surface area contributed by atoms with Gasteiger partial charge in [-0.25, -0.2) is 0 Å². The zero-order valence-electron chi connectivity index (χ0n) is 6.42. The molecule has 0 fully saturated rings. The molecule has 4 heteroatoms. The molecule has 0 spiro atoms. The van der Waals surface area contributed by atoms with E-state index >= 15 is 0 Å². The summed E-state index contributed by atoms with van der Waals surface area (Å²) in [6, 6.07) is 6.86. The van der Waals surface area contributed by atoms with E-state index in [0.29, 0.717) is 21.3 Å². The molecule has 2 rings (SSSR count). The van der Waals surface area contributed by atoms with Gasteiger partial charge in [0.1, 0.15) is 5.69 Å². The van der Waals surface area contributed by atoms with Crippen LogP contribution in [-0.4, -0.2) is 5.16 Å². The molecule has 1 heterocycles. The maximum absolute atomic E-state index is 5.94. The highest BCUT2D eigenvalue weighted by Crippen LogP contribution is 2.32. The number of halogens is 2. The van der Waals surface area contributed by atoms with Crippen molar-refractivity contribution in [2.45, 2.75) is 0 Å². The van der Waals surface area contributed by atoms with Crippen LogP contribution in [0.5, 0.6) is 0 Å². The number of aromatic nitrogens is 1. The summed E-state index contributed by atoms with van der Waals surface area (Å²) in [6.07, 6.45) is 2.48. The van der Waals surface area contributed by atoms with Gasteiger partial charge in [-0.2, -0.15) is 0 Å². The van der Waals surface area contributed by atoms with Crippen molar-refractivity contribution in [1.29, 1.82) is 0 Å². The van der Waals surface area contributed by atoms with Crippen molar-refractivity contribution in [3.63, 3.8) is 0 Å². The minimum absolute atomic E-state index is 0.551. The molecule has 0 unspecified atom stereocenters. The topological polar surface area (TPSA) is 26.0 Å². The van der Waals surface area contributed by atoms with Gasteiger partial charge in [0.25, 0.3) is 0 Å². The highest BCUT2D eigenvalue weighted by atomic mass is 35.5. The minimum atomic E-state index is 0.551. The molecule has 0 saturated carbocycles. The van der Waals surface area contributed by atoms with Crippen LogP contribution in [0.15, 0.2) is 28.8 Å². The van der Waals surface area contributed by atoms with Crippen LogP contribution in [0.4, 0.5) is 0 Å². The molecular formula is C9H4Cl2NO. The van der Waals surface area contributed by atoms with Crippen LogP contribution in [0.2, 0.25) is 10.0 Å². The number of hydrogen-bond donors (Lipinski definition) is 0. The molecule has 0 aliphatic rings. The van der Waals surface area contributed by atoms with Gasteiger partial charge in [0, 0.05) is 11.6 Å². The molecule has 0 bridgehead atoms. The molecule has 13 heavy (non-hydrogen) atoms. The Morgan fingerprint density at radius 1 is 1.23 bits per heavy atom. The lowest BCUT2D eigenvalue weighted by molar-refractivity contribution is 0.415. The molecule has 65 valence electrons. The second-order valence-corrected chi connectivity index (χ2v) is 3.24. The molecule has 0 amide bonds. The first-order valence-electron chi connectivity index (χ1n) is 3.56. The number of hydrogen-bond acceptors (Lipinski definition) is 2. The van der Waals surface area contributed by atoms with E-state index in [1.54, 1.807) is 24.3 Å². The summed E-state index contributed by atoms with van der Waals surface area (Å²) < 4.78 is 4.59. The Balaban J connectivity index is 2.64. The van der Waals surface area contributed by atoms with Gasteiger partial charge in [0.05, 0.1) is 10.0 Å². The van der Waals surface area contributed by atoms with Gasteiger partial charge in [0.2, 0.25) is 6.26 Å². The van der Waals surface area contributed by atoms with Crippen molar-refractivity contribution in [3.8, 4) is 11.3 Å². The number of rotatable bonds is 1. The third-order valence-corrected chi connectivity index (χ3v) is 2.24. The van der Waals surface area contributed by atoms with E-state index in [0.717, 1.165) is 0 Å². The van der Waals surface area contributed by atoms with Crippen LogP contribution >= 0.6 is 23.2 Å². The van der Waals surface area contributed by atoms with E-state index < -0.39 is 0 Å². The van der Waals surface area contributed by atoms with E-state index in [-0.39, 0.29) is 0 Å². The lowest BCUT2D eigenvalue weighted by atomic mass is 10.1. The van der Waals surface area contributed by atoms with E-state index in [1.807, 2.05) is 0 Å². The lowest BCUT2D eigenvalue weighted by Crippen LogP contribution is -1.80. The Kier molecular flexibility index (Phi) is 2.25. The Hall–Kier alpha value is -0.990. The normalized spacial score (nSPS) is 10.3. The highest BCUT2D eigenvalue weighted by molar-refractivity contribution is 6.39. The summed E-state index contributed by atoms with van der Waals surface area (Å²) in [5.74, 6) is 0. The second-order valence-electron chi connectivity index (χ2n) is 2.43. The van der Waals surface area contributed by atoms with Crippen molar-refractivity contribution in [2.75, 3.05) is 0 Å². The number of benzene rings is 1. The van der Waals surface area contributed by atoms with Crippen molar-refractivity contribution in [2.24, 2.45) is 0 Å². The zero-order valence-corrected chi connectivity index (χ0v) is 7.93. The fraction of sp³-hybridized carbons (Fsp3) is 0. The minimum Gasteiger partial charge on any atom is -0.352 e. The summed E-state index contributed by atoms with van der Waals surface area (Å²) in [5.41, 5.74) is 1.27. The van der Waals surface area contributed by atoms with Gasteiger partial charge >= 0.3 is 0 Å². The zero-order chi connectivity index (χ0) is 9.26. The smallest absolute Gasteiger partial charge is 0.205 e. The first-order chi connectivity index (χ1) is 6.29. The summed E-state index contributed by atoms with van der Waals surface area (Å²) in [5, 5.41) is 4.81. The van der Waals surface area contributed by atoms with Crippen molar-refractivity contribution in [1.82, 2.24) is 5.16 Å². The second kappa shape index (κ2) is 3.40. The molecule has 0 atom stereocenters. The Morgan fingerprint density at radius 2 is 1.92 bits per heavy atom. The molecule has 0 saturated heterocycles. The Morgan fingerprint density at radius 3 is 2.46 bits per heavy atom. The van der Waals surface area contributed by atoms with Crippen molar-refractivity contribution >= 4 is 23.2 Å². The Bertz CT molecular complexity index is 391. The predicted octanol–water partition coefficient (Wildman–Crippen LogP) is 3.45. The number of nitrogens with zero attached hydrogens (tertiary/aromatic N) is 1. The van der Waals surface area contributed by atoms with Gasteiger partial charge < -0.3 is 4.52 Å².